The van der Waals surface area contributed by atoms with Crippen LogP contribution in [-0.2, 0) is 27.8 Å². The third kappa shape index (κ3) is 6.01. The van der Waals surface area contributed by atoms with Crippen molar-refractivity contribution in [3.63, 3.8) is 0 Å². The summed E-state index contributed by atoms with van der Waals surface area (Å²) < 4.78 is 0. The van der Waals surface area contributed by atoms with Crippen LogP contribution in [0, 0.1) is 0 Å². The van der Waals surface area contributed by atoms with Crippen molar-refractivity contribution in [2.75, 3.05) is 30.3 Å². The molecule has 0 radical (unpaired) electrons. The van der Waals surface area contributed by atoms with Crippen molar-refractivity contribution in [3.05, 3.63) is 76.1 Å². The Morgan fingerprint density at radius 1 is 1.10 bits per heavy atom. The number of likely N-dealkylation sites (tertiary alicyclic amines) is 1. The molecule has 2 aromatic carbocycles. The fraction of sp³-hybridized carbons (Fsp3) is 0.455. The lowest BCUT2D eigenvalue weighted by molar-refractivity contribution is -0.134. The van der Waals surface area contributed by atoms with Crippen LogP contribution in [0.4, 0.5) is 17.3 Å². The molecule has 3 aliphatic rings. The molecular weight excluding hydrogens is 548 g/mol. The van der Waals surface area contributed by atoms with Gasteiger partial charge in [0, 0.05) is 24.5 Å². The minimum atomic E-state index is -0.568. The van der Waals surface area contributed by atoms with Gasteiger partial charge in [0.1, 0.15) is 0 Å². The zero-order chi connectivity index (χ0) is 28.6. The van der Waals surface area contributed by atoms with Crippen LogP contribution in [0.25, 0.3) is 0 Å². The average Bonchev–Trinajstić information content (AvgIpc) is 3.60. The quantitative estimate of drug-likeness (QED) is 0.314. The minimum absolute atomic E-state index is 0. The van der Waals surface area contributed by atoms with E-state index in [0.717, 1.165) is 73.5 Å². The fourth-order valence-electron chi connectivity index (χ4n) is 6.45. The van der Waals surface area contributed by atoms with Crippen molar-refractivity contribution in [2.45, 2.75) is 77.2 Å². The van der Waals surface area contributed by atoms with E-state index in [1.54, 1.807) is 6.20 Å². The van der Waals surface area contributed by atoms with Crippen LogP contribution in [0.5, 0.6) is 0 Å². The second-order valence-corrected chi connectivity index (χ2v) is 12.3. The van der Waals surface area contributed by atoms with E-state index in [4.69, 9.17) is 16.6 Å². The molecule has 2 amide bonds. The van der Waals surface area contributed by atoms with Gasteiger partial charge < -0.3 is 20.9 Å². The van der Waals surface area contributed by atoms with Gasteiger partial charge in [0.2, 0.25) is 17.8 Å². The largest absolute Gasteiger partial charge is 0.341 e. The summed E-state index contributed by atoms with van der Waals surface area (Å²) in [6.45, 7) is 6.51. The molecule has 3 aromatic rings. The van der Waals surface area contributed by atoms with Gasteiger partial charge in [-0.25, -0.2) is 9.97 Å². The highest BCUT2D eigenvalue weighted by atomic mass is 35.5. The highest BCUT2D eigenvalue weighted by Crippen LogP contribution is 2.40. The molecule has 8 nitrogen and oxygen atoms in total. The molecule has 1 aromatic heterocycles. The Morgan fingerprint density at radius 3 is 2.57 bits per heavy atom. The number of piperidine rings is 1. The van der Waals surface area contributed by atoms with Crippen LogP contribution < -0.4 is 16.0 Å². The lowest BCUT2D eigenvalue weighted by atomic mass is 9.82. The van der Waals surface area contributed by atoms with Crippen LogP contribution in [0.1, 0.15) is 75.3 Å². The number of aryl methyl sites for hydroxylation is 2. The molecule has 222 valence electrons. The van der Waals surface area contributed by atoms with Crippen LogP contribution in [0.3, 0.4) is 0 Å². The molecular formula is C33H41ClN6O2. The summed E-state index contributed by atoms with van der Waals surface area (Å²) in [5.74, 6) is 1.25. The Bertz CT molecular complexity index is 1440. The average molecular weight is 589 g/mol. The van der Waals surface area contributed by atoms with E-state index in [1.807, 2.05) is 30.9 Å². The first-order valence-corrected chi connectivity index (χ1v) is 15.0. The lowest BCUT2D eigenvalue weighted by Crippen LogP contribution is -2.46. The molecule has 0 saturated carbocycles. The molecule has 2 fully saturated rings. The molecule has 9 heteroatoms. The minimum Gasteiger partial charge on any atom is -0.341 e. The first kappa shape index (κ1) is 30.0. The van der Waals surface area contributed by atoms with Crippen molar-refractivity contribution in [1.82, 2.24) is 20.2 Å². The van der Waals surface area contributed by atoms with Gasteiger partial charge in [0.05, 0.1) is 28.4 Å². The zero-order valence-electron chi connectivity index (χ0n) is 23.7. The van der Waals surface area contributed by atoms with Gasteiger partial charge in [-0.3, -0.25) is 9.59 Å². The van der Waals surface area contributed by atoms with Crippen LogP contribution in [-0.4, -0.2) is 52.4 Å². The first-order chi connectivity index (χ1) is 19.8. The second-order valence-electron chi connectivity index (χ2n) is 11.9. The maximum absolute atomic E-state index is 12.7. The van der Waals surface area contributed by atoms with Gasteiger partial charge in [-0.1, -0.05) is 43.3 Å². The lowest BCUT2D eigenvalue weighted by Gasteiger charge is -2.33. The van der Waals surface area contributed by atoms with Gasteiger partial charge in [-0.2, -0.15) is 0 Å². The number of hydrogen-bond donors (Lipinski definition) is 3. The maximum atomic E-state index is 12.7. The van der Waals surface area contributed by atoms with Crippen molar-refractivity contribution in [1.29, 1.82) is 0 Å². The van der Waals surface area contributed by atoms with Gasteiger partial charge in [0.25, 0.3) is 0 Å². The Labute approximate surface area is 253 Å². The van der Waals surface area contributed by atoms with Gasteiger partial charge >= 0.3 is 0 Å². The number of nitrogens with one attached hydrogen (secondary N) is 3. The summed E-state index contributed by atoms with van der Waals surface area (Å²) in [5.41, 5.74) is 5.47. The van der Waals surface area contributed by atoms with Gasteiger partial charge in [-0.05, 0) is 99.7 Å². The van der Waals surface area contributed by atoms with Crippen LogP contribution in [0.15, 0.2) is 48.7 Å². The van der Waals surface area contributed by atoms with Gasteiger partial charge in [0.15, 0.2) is 0 Å². The number of amides is 2. The van der Waals surface area contributed by atoms with E-state index in [2.05, 4.69) is 51.3 Å². The first-order valence-electron chi connectivity index (χ1n) is 14.6. The summed E-state index contributed by atoms with van der Waals surface area (Å²) in [6.07, 6.45) is 7.01. The highest BCUT2D eigenvalue weighted by Gasteiger charge is 2.39. The van der Waals surface area contributed by atoms with Crippen LogP contribution >= 0.6 is 11.6 Å². The number of rotatable bonds is 7. The van der Waals surface area contributed by atoms with E-state index in [0.29, 0.717) is 29.7 Å². The van der Waals surface area contributed by atoms with E-state index in [1.165, 1.54) is 5.56 Å². The normalized spacial score (nSPS) is 19.6. The number of benzene rings is 2. The smallest absolute Gasteiger partial charge is 0.239 e. The summed E-state index contributed by atoms with van der Waals surface area (Å²) in [7, 11) is 0. The number of halogens is 1. The number of anilines is 3. The third-order valence-electron chi connectivity index (χ3n) is 8.84. The zero-order valence-corrected chi connectivity index (χ0v) is 24.4. The summed E-state index contributed by atoms with van der Waals surface area (Å²) >= 11 is 6.49. The van der Waals surface area contributed by atoms with E-state index < -0.39 is 5.41 Å². The van der Waals surface area contributed by atoms with E-state index in [-0.39, 0.29) is 25.3 Å². The highest BCUT2D eigenvalue weighted by molar-refractivity contribution is 6.31. The van der Waals surface area contributed by atoms with Crippen molar-refractivity contribution < 1.29 is 9.59 Å². The summed E-state index contributed by atoms with van der Waals surface area (Å²) in [6, 6.07) is 14.5. The third-order valence-corrected chi connectivity index (χ3v) is 9.16. The topological polar surface area (TPSA) is 99.3 Å². The number of carbonyl (C=O) groups excluding carboxylic acids is 2. The number of nitrogens with zero attached hydrogens (tertiary/aromatic N) is 3. The Kier molecular flexibility index (Phi) is 8.85. The van der Waals surface area contributed by atoms with Crippen molar-refractivity contribution in [3.8, 4) is 0 Å². The molecule has 3 N–H and O–H groups in total. The van der Waals surface area contributed by atoms with Crippen LogP contribution in [0.2, 0.25) is 5.02 Å². The SMILES string of the molecule is C.CC1(C)C(=O)Nc2cccc(CCc3nc(Nc4ccc(C5CCN(C(=O)[C@@H]6CCCN6)CC5)cc4)ncc3Cl)c21. The second kappa shape index (κ2) is 12.4. The number of carbonyl (C=O) groups is 2. The predicted octanol–water partition coefficient (Wildman–Crippen LogP) is 5.98. The standard InChI is InChI=1S/C32H37ClN6O2.CH4/c1-32(2)28-22(5-3-6-26(28)37-30(32)41)10-13-25-24(33)19-35-31(38-25)36-23-11-8-20(9-12-23)21-14-17-39(18-15-21)29(40)27-7-4-16-34-27;/h3,5-6,8-9,11-12,19,21,27,34H,4,7,10,13-18H2,1-2H3,(H,37,41)(H,35,36,38);1H4/t27-;/m0./s1. The number of fused-ring (bicyclic) bond motifs is 1. The molecule has 2 saturated heterocycles. The predicted molar refractivity (Wildman–Crippen MR) is 169 cm³/mol. The Morgan fingerprint density at radius 2 is 1.86 bits per heavy atom. The van der Waals surface area contributed by atoms with Crippen molar-refractivity contribution in [2.24, 2.45) is 0 Å². The monoisotopic (exact) mass is 588 g/mol. The Balaban J connectivity index is 0.00000353. The fourth-order valence-corrected chi connectivity index (χ4v) is 6.64. The molecule has 0 spiro atoms. The van der Waals surface area contributed by atoms with E-state index in [9.17, 15) is 9.59 Å². The number of aromatic nitrogens is 2. The van der Waals surface area contributed by atoms with Crippen molar-refractivity contribution >= 4 is 40.7 Å². The molecule has 0 aliphatic carbocycles. The molecule has 1 atom stereocenters. The molecule has 42 heavy (non-hydrogen) atoms. The van der Waals surface area contributed by atoms with Gasteiger partial charge in [-0.15, -0.1) is 0 Å². The Hall–Kier alpha value is -3.49. The summed E-state index contributed by atoms with van der Waals surface area (Å²) in [5, 5.41) is 10.2. The summed E-state index contributed by atoms with van der Waals surface area (Å²) in [4.78, 5) is 36.3. The molecule has 0 bridgehead atoms. The number of hydrogen-bond acceptors (Lipinski definition) is 6. The molecule has 0 unspecified atom stereocenters. The van der Waals surface area contributed by atoms with E-state index >= 15 is 0 Å². The molecule has 6 rings (SSSR count). The maximum Gasteiger partial charge on any atom is 0.239 e. The molecule has 3 aliphatic heterocycles. The molecule has 4 heterocycles.